The van der Waals surface area contributed by atoms with Crippen molar-refractivity contribution in [3.8, 4) is 11.3 Å². The van der Waals surface area contributed by atoms with Crippen molar-refractivity contribution in [2.24, 2.45) is 5.73 Å². The second-order valence-electron chi connectivity index (χ2n) is 8.22. The SMILES string of the molecule is [C-]#[N+]c1cnc2c(c1)Cc1nc(Cc3ccccc3)nc(NC3CCC(N)CC3)c1-2. The molecule has 0 bridgehead atoms. The summed E-state index contributed by atoms with van der Waals surface area (Å²) in [6.45, 7) is 7.29. The smallest absolute Gasteiger partial charge is 0.205 e. The lowest BCUT2D eigenvalue weighted by atomic mass is 9.92. The molecular formula is C24H24N6. The van der Waals surface area contributed by atoms with Crippen LogP contribution in [0.4, 0.5) is 11.5 Å². The first-order chi connectivity index (χ1) is 14.7. The molecule has 150 valence electrons. The van der Waals surface area contributed by atoms with E-state index in [-0.39, 0.29) is 0 Å². The normalized spacial score (nSPS) is 19.6. The molecular weight excluding hydrogens is 372 g/mol. The van der Waals surface area contributed by atoms with Crippen molar-refractivity contribution in [2.45, 2.75) is 50.6 Å². The average Bonchev–Trinajstić information content (AvgIpc) is 3.13. The van der Waals surface area contributed by atoms with Gasteiger partial charge in [-0.25, -0.2) is 14.8 Å². The van der Waals surface area contributed by atoms with E-state index < -0.39 is 0 Å². The van der Waals surface area contributed by atoms with E-state index in [1.54, 1.807) is 6.20 Å². The van der Waals surface area contributed by atoms with Gasteiger partial charge in [0.25, 0.3) is 0 Å². The molecule has 2 aromatic heterocycles. The molecule has 5 rings (SSSR count). The molecule has 30 heavy (non-hydrogen) atoms. The Balaban J connectivity index is 1.53. The molecule has 2 aliphatic rings. The van der Waals surface area contributed by atoms with Crippen LogP contribution in [0, 0.1) is 6.57 Å². The number of nitrogens with zero attached hydrogens (tertiary/aromatic N) is 4. The van der Waals surface area contributed by atoms with Crippen LogP contribution in [0.3, 0.4) is 0 Å². The summed E-state index contributed by atoms with van der Waals surface area (Å²) >= 11 is 0. The van der Waals surface area contributed by atoms with Gasteiger partial charge in [0.2, 0.25) is 5.69 Å². The maximum absolute atomic E-state index is 7.29. The van der Waals surface area contributed by atoms with Crippen molar-refractivity contribution >= 4 is 11.5 Å². The Labute approximate surface area is 176 Å². The summed E-state index contributed by atoms with van der Waals surface area (Å²) in [6.07, 6.45) is 7.18. The summed E-state index contributed by atoms with van der Waals surface area (Å²) in [5.41, 5.74) is 11.8. The van der Waals surface area contributed by atoms with Crippen molar-refractivity contribution < 1.29 is 0 Å². The Morgan fingerprint density at radius 1 is 1.10 bits per heavy atom. The molecule has 0 amide bonds. The van der Waals surface area contributed by atoms with Crippen LogP contribution >= 0.6 is 0 Å². The lowest BCUT2D eigenvalue weighted by Crippen LogP contribution is -2.33. The largest absolute Gasteiger partial charge is 0.367 e. The van der Waals surface area contributed by atoms with Crippen LogP contribution in [0.15, 0.2) is 42.6 Å². The predicted octanol–water partition coefficient (Wildman–Crippen LogP) is 4.27. The Hall–Kier alpha value is -3.30. The Morgan fingerprint density at radius 3 is 2.67 bits per heavy atom. The molecule has 0 aliphatic heterocycles. The third-order valence-electron chi connectivity index (χ3n) is 6.02. The lowest BCUT2D eigenvalue weighted by molar-refractivity contribution is 0.410. The summed E-state index contributed by atoms with van der Waals surface area (Å²) < 4.78 is 0. The van der Waals surface area contributed by atoms with Crippen LogP contribution in [-0.2, 0) is 12.8 Å². The Kier molecular flexibility index (Phi) is 4.89. The van der Waals surface area contributed by atoms with Gasteiger partial charge in [0, 0.05) is 31.1 Å². The third kappa shape index (κ3) is 3.64. The van der Waals surface area contributed by atoms with Crippen LogP contribution < -0.4 is 11.1 Å². The molecule has 1 fully saturated rings. The zero-order valence-electron chi connectivity index (χ0n) is 16.8. The van der Waals surface area contributed by atoms with E-state index in [2.05, 4.69) is 27.3 Å². The van der Waals surface area contributed by atoms with Gasteiger partial charge in [-0.1, -0.05) is 30.3 Å². The van der Waals surface area contributed by atoms with Crippen LogP contribution in [0.1, 0.15) is 48.3 Å². The van der Waals surface area contributed by atoms with Gasteiger partial charge in [0.05, 0.1) is 23.5 Å². The van der Waals surface area contributed by atoms with Gasteiger partial charge in [-0.15, -0.1) is 0 Å². The van der Waals surface area contributed by atoms with E-state index in [9.17, 15) is 0 Å². The number of anilines is 1. The third-order valence-corrected chi connectivity index (χ3v) is 6.02. The summed E-state index contributed by atoms with van der Waals surface area (Å²) in [7, 11) is 0. The molecule has 0 saturated heterocycles. The van der Waals surface area contributed by atoms with E-state index in [4.69, 9.17) is 22.3 Å². The van der Waals surface area contributed by atoms with Crippen LogP contribution in [0.2, 0.25) is 0 Å². The van der Waals surface area contributed by atoms with Crippen molar-refractivity contribution in [2.75, 3.05) is 5.32 Å². The van der Waals surface area contributed by atoms with Gasteiger partial charge in [-0.05, 0) is 42.9 Å². The highest BCUT2D eigenvalue weighted by atomic mass is 15.1. The van der Waals surface area contributed by atoms with Crippen LogP contribution in [0.25, 0.3) is 16.1 Å². The summed E-state index contributed by atoms with van der Waals surface area (Å²) in [4.78, 5) is 18.0. The maximum Gasteiger partial charge on any atom is 0.205 e. The Bertz CT molecular complexity index is 1110. The average molecular weight is 396 g/mol. The molecule has 3 aromatic rings. The fourth-order valence-electron chi connectivity index (χ4n) is 4.45. The monoisotopic (exact) mass is 396 g/mol. The number of aromatic nitrogens is 3. The number of nitrogens with two attached hydrogens (primary N) is 1. The van der Waals surface area contributed by atoms with Crippen molar-refractivity contribution in [3.05, 3.63) is 76.7 Å². The number of hydrogen-bond acceptors (Lipinski definition) is 5. The van der Waals surface area contributed by atoms with E-state index in [0.29, 0.717) is 30.6 Å². The number of benzene rings is 1. The fourth-order valence-corrected chi connectivity index (χ4v) is 4.45. The van der Waals surface area contributed by atoms with Crippen LogP contribution in [-0.4, -0.2) is 27.0 Å². The minimum Gasteiger partial charge on any atom is -0.367 e. The molecule has 3 N–H and O–H groups in total. The van der Waals surface area contributed by atoms with Crippen molar-refractivity contribution in [3.63, 3.8) is 0 Å². The molecule has 1 aromatic carbocycles. The molecule has 1 saturated carbocycles. The van der Waals surface area contributed by atoms with Crippen LogP contribution in [0.5, 0.6) is 0 Å². The first kappa shape index (κ1) is 18.7. The van der Waals surface area contributed by atoms with Gasteiger partial charge in [0.15, 0.2) is 0 Å². The summed E-state index contributed by atoms with van der Waals surface area (Å²) in [5, 5.41) is 3.69. The molecule has 0 spiro atoms. The van der Waals surface area contributed by atoms with E-state index in [1.807, 2.05) is 24.3 Å². The molecule has 0 radical (unpaired) electrons. The second kappa shape index (κ2) is 7.85. The highest BCUT2D eigenvalue weighted by Gasteiger charge is 2.28. The highest BCUT2D eigenvalue weighted by molar-refractivity contribution is 5.82. The maximum atomic E-state index is 7.29. The quantitative estimate of drug-likeness (QED) is 0.504. The number of fused-ring (bicyclic) bond motifs is 3. The summed E-state index contributed by atoms with van der Waals surface area (Å²) in [5.74, 6) is 1.68. The number of rotatable bonds is 4. The van der Waals surface area contributed by atoms with Gasteiger partial charge < -0.3 is 11.1 Å². The molecule has 2 aliphatic carbocycles. The minimum atomic E-state index is 0.308. The van der Waals surface area contributed by atoms with E-state index >= 15 is 0 Å². The first-order valence-corrected chi connectivity index (χ1v) is 10.5. The lowest BCUT2D eigenvalue weighted by Gasteiger charge is -2.28. The zero-order chi connectivity index (χ0) is 20.5. The topological polar surface area (TPSA) is 81.1 Å². The van der Waals surface area contributed by atoms with E-state index in [1.165, 1.54) is 5.56 Å². The minimum absolute atomic E-state index is 0.308. The van der Waals surface area contributed by atoms with Crippen molar-refractivity contribution in [1.29, 1.82) is 0 Å². The summed E-state index contributed by atoms with van der Waals surface area (Å²) in [6, 6.07) is 12.9. The standard InChI is InChI=1S/C24H24N6/c1-26-19-12-16-13-20-22(23(16)27-14-19)24(28-18-9-7-17(25)8-10-18)30-21(29-20)11-15-5-3-2-4-6-15/h2-6,12,14,17-18H,7-11,13,25H2,(H,28,29,30). The number of pyridine rings is 1. The van der Waals surface area contributed by atoms with Crippen molar-refractivity contribution in [1.82, 2.24) is 15.0 Å². The Morgan fingerprint density at radius 2 is 1.90 bits per heavy atom. The molecule has 6 heteroatoms. The molecule has 2 heterocycles. The van der Waals surface area contributed by atoms with Gasteiger partial charge >= 0.3 is 0 Å². The number of nitrogens with one attached hydrogen (secondary N) is 1. The predicted molar refractivity (Wildman–Crippen MR) is 117 cm³/mol. The molecule has 6 nitrogen and oxygen atoms in total. The highest BCUT2D eigenvalue weighted by Crippen LogP contribution is 2.40. The van der Waals surface area contributed by atoms with Gasteiger partial charge in [-0.2, -0.15) is 0 Å². The fraction of sp³-hybridized carbons (Fsp3) is 0.333. The number of hydrogen-bond donors (Lipinski definition) is 2. The molecule has 0 unspecified atom stereocenters. The zero-order valence-corrected chi connectivity index (χ0v) is 16.8. The first-order valence-electron chi connectivity index (χ1n) is 10.5. The molecule has 0 atom stereocenters. The van der Waals surface area contributed by atoms with Gasteiger partial charge in [-0.3, -0.25) is 4.98 Å². The van der Waals surface area contributed by atoms with Gasteiger partial charge in [0.1, 0.15) is 11.6 Å². The second-order valence-corrected chi connectivity index (χ2v) is 8.22. The van der Waals surface area contributed by atoms with E-state index in [0.717, 1.165) is 59.8 Å².